The van der Waals surface area contributed by atoms with Crippen LogP contribution in [0.4, 0.5) is 10.5 Å². The highest BCUT2D eigenvalue weighted by Crippen LogP contribution is 2.26. The molecule has 2 heterocycles. The molecule has 0 aliphatic carbocycles. The van der Waals surface area contributed by atoms with E-state index >= 15 is 0 Å². The van der Waals surface area contributed by atoms with Crippen molar-refractivity contribution >= 4 is 46.4 Å². The van der Waals surface area contributed by atoms with Gasteiger partial charge in [0.15, 0.2) is 0 Å². The minimum absolute atomic E-state index is 0.224. The standard InChI is InChI=1S/C22H17N3O4/c1-13-7-3-5-9-18(13)25-21(28)17(20(27)23-22(25)29)12-16-11-15-8-4-6-10-19(15)24(16)14(2)26/h3-12H,1-2H3,(H,23,27,29)/b17-12+. The normalized spacial score (nSPS) is 15.9. The first kappa shape index (κ1) is 18.4. The number of nitrogens with zero attached hydrogens (tertiary/aromatic N) is 2. The maximum absolute atomic E-state index is 13.1. The predicted octanol–water partition coefficient (Wildman–Crippen LogP) is 3.28. The maximum atomic E-state index is 13.1. The first-order valence-electron chi connectivity index (χ1n) is 8.97. The molecule has 0 radical (unpaired) electrons. The highest BCUT2D eigenvalue weighted by atomic mass is 16.2. The van der Waals surface area contributed by atoms with Crippen molar-refractivity contribution in [3.05, 3.63) is 71.4 Å². The van der Waals surface area contributed by atoms with Crippen molar-refractivity contribution in [1.29, 1.82) is 0 Å². The lowest BCUT2D eigenvalue weighted by Crippen LogP contribution is -2.54. The third-order valence-corrected chi connectivity index (χ3v) is 4.80. The number of carbonyl (C=O) groups is 4. The molecule has 1 N–H and O–H groups in total. The number of anilines is 1. The summed E-state index contributed by atoms with van der Waals surface area (Å²) in [6.45, 7) is 3.17. The second kappa shape index (κ2) is 6.87. The average molecular weight is 387 g/mol. The number of amides is 4. The molecule has 7 nitrogen and oxygen atoms in total. The number of hydrogen-bond donors (Lipinski definition) is 1. The van der Waals surface area contributed by atoms with Crippen LogP contribution in [0, 0.1) is 6.92 Å². The van der Waals surface area contributed by atoms with Gasteiger partial charge in [-0.3, -0.25) is 24.3 Å². The lowest BCUT2D eigenvalue weighted by molar-refractivity contribution is -0.122. The summed E-state index contributed by atoms with van der Waals surface area (Å²) in [6, 6.07) is 15.1. The number of aryl methyl sites for hydroxylation is 1. The number of benzene rings is 2. The molecule has 7 heteroatoms. The molecule has 144 valence electrons. The molecular weight excluding hydrogens is 370 g/mol. The molecule has 29 heavy (non-hydrogen) atoms. The molecule has 3 aromatic rings. The van der Waals surface area contributed by atoms with Crippen LogP contribution in [0.15, 0.2) is 60.2 Å². The number of barbiturate groups is 1. The van der Waals surface area contributed by atoms with Gasteiger partial charge in [-0.2, -0.15) is 0 Å². The highest BCUT2D eigenvalue weighted by Gasteiger charge is 2.37. The minimum Gasteiger partial charge on any atom is -0.281 e. The number of para-hydroxylation sites is 2. The lowest BCUT2D eigenvalue weighted by Gasteiger charge is -2.27. The molecule has 1 fully saturated rings. The van der Waals surface area contributed by atoms with E-state index in [0.717, 1.165) is 10.3 Å². The zero-order valence-corrected chi connectivity index (χ0v) is 15.8. The Balaban J connectivity index is 1.86. The Hall–Kier alpha value is -4.00. The maximum Gasteiger partial charge on any atom is 0.335 e. The van der Waals surface area contributed by atoms with Crippen LogP contribution in [0.2, 0.25) is 0 Å². The van der Waals surface area contributed by atoms with Crippen LogP contribution in [0.1, 0.15) is 23.0 Å². The molecule has 1 saturated heterocycles. The van der Waals surface area contributed by atoms with Crippen LogP contribution in [0.25, 0.3) is 17.0 Å². The molecule has 0 atom stereocenters. The van der Waals surface area contributed by atoms with Gasteiger partial charge in [-0.15, -0.1) is 0 Å². The van der Waals surface area contributed by atoms with E-state index in [2.05, 4.69) is 5.32 Å². The van der Waals surface area contributed by atoms with E-state index in [-0.39, 0.29) is 11.5 Å². The summed E-state index contributed by atoms with van der Waals surface area (Å²) in [5.74, 6) is -1.80. The van der Waals surface area contributed by atoms with E-state index < -0.39 is 17.8 Å². The Morgan fingerprint density at radius 1 is 1.00 bits per heavy atom. The van der Waals surface area contributed by atoms with Gasteiger partial charge in [-0.1, -0.05) is 36.4 Å². The molecule has 1 aliphatic heterocycles. The van der Waals surface area contributed by atoms with Crippen molar-refractivity contribution in [3.8, 4) is 0 Å². The predicted molar refractivity (Wildman–Crippen MR) is 108 cm³/mol. The number of carbonyl (C=O) groups excluding carboxylic acids is 4. The van der Waals surface area contributed by atoms with Gasteiger partial charge in [0.2, 0.25) is 5.91 Å². The van der Waals surface area contributed by atoms with Crippen molar-refractivity contribution in [2.75, 3.05) is 4.90 Å². The Kier molecular flexibility index (Phi) is 4.35. The Morgan fingerprint density at radius 2 is 1.69 bits per heavy atom. The summed E-state index contributed by atoms with van der Waals surface area (Å²) in [4.78, 5) is 51.0. The lowest BCUT2D eigenvalue weighted by atomic mass is 10.1. The largest absolute Gasteiger partial charge is 0.335 e. The first-order chi connectivity index (χ1) is 13.9. The third kappa shape index (κ3) is 3.02. The Morgan fingerprint density at radius 3 is 2.41 bits per heavy atom. The van der Waals surface area contributed by atoms with Crippen LogP contribution < -0.4 is 10.2 Å². The van der Waals surface area contributed by atoms with Crippen LogP contribution >= 0.6 is 0 Å². The van der Waals surface area contributed by atoms with Crippen molar-refractivity contribution in [2.45, 2.75) is 13.8 Å². The van der Waals surface area contributed by atoms with E-state index in [1.807, 2.05) is 12.1 Å². The van der Waals surface area contributed by atoms with Crippen molar-refractivity contribution in [1.82, 2.24) is 9.88 Å². The topological polar surface area (TPSA) is 88.5 Å². The molecule has 4 amide bonds. The van der Waals surface area contributed by atoms with Crippen molar-refractivity contribution < 1.29 is 19.2 Å². The summed E-state index contributed by atoms with van der Waals surface area (Å²) >= 11 is 0. The molecule has 1 aromatic heterocycles. The number of imide groups is 2. The zero-order valence-electron chi connectivity index (χ0n) is 15.8. The van der Waals surface area contributed by atoms with Crippen LogP contribution in [0.5, 0.6) is 0 Å². The Labute approximate surface area is 166 Å². The number of hydrogen-bond acceptors (Lipinski definition) is 4. The summed E-state index contributed by atoms with van der Waals surface area (Å²) in [5, 5.41) is 3.00. The smallest absolute Gasteiger partial charge is 0.281 e. The molecule has 4 rings (SSSR count). The summed E-state index contributed by atoms with van der Waals surface area (Å²) in [7, 11) is 0. The number of rotatable bonds is 2. The van der Waals surface area contributed by atoms with Crippen molar-refractivity contribution in [2.24, 2.45) is 0 Å². The second-order valence-electron chi connectivity index (χ2n) is 6.73. The number of urea groups is 1. The van der Waals surface area contributed by atoms with Gasteiger partial charge in [0.05, 0.1) is 16.9 Å². The van der Waals surface area contributed by atoms with E-state index in [4.69, 9.17) is 0 Å². The number of fused-ring (bicyclic) bond motifs is 1. The fourth-order valence-corrected chi connectivity index (χ4v) is 3.47. The fraction of sp³-hybridized carbons (Fsp3) is 0.0909. The molecule has 0 unspecified atom stereocenters. The average Bonchev–Trinajstić information content (AvgIpc) is 3.04. The van der Waals surface area contributed by atoms with Gasteiger partial charge < -0.3 is 0 Å². The third-order valence-electron chi connectivity index (χ3n) is 4.80. The zero-order chi connectivity index (χ0) is 20.7. The fourth-order valence-electron chi connectivity index (χ4n) is 3.47. The van der Waals surface area contributed by atoms with E-state index in [1.165, 1.54) is 17.6 Å². The molecule has 1 aliphatic rings. The van der Waals surface area contributed by atoms with Crippen LogP contribution in [0.3, 0.4) is 0 Å². The van der Waals surface area contributed by atoms with E-state index in [0.29, 0.717) is 22.5 Å². The number of nitrogens with one attached hydrogen (secondary N) is 1. The van der Waals surface area contributed by atoms with Crippen LogP contribution in [-0.4, -0.2) is 28.3 Å². The molecule has 0 bridgehead atoms. The quantitative estimate of drug-likeness (QED) is 0.540. The SMILES string of the molecule is CC(=O)n1c(/C=C2\C(=O)NC(=O)N(c3ccccc3C)C2=O)cc2ccccc21. The molecule has 2 aromatic carbocycles. The van der Waals surface area contributed by atoms with Crippen LogP contribution in [-0.2, 0) is 9.59 Å². The molecular formula is C22H17N3O4. The summed E-state index contributed by atoms with van der Waals surface area (Å²) in [6.07, 6.45) is 1.34. The van der Waals surface area contributed by atoms with Gasteiger partial charge in [-0.25, -0.2) is 9.69 Å². The highest BCUT2D eigenvalue weighted by molar-refractivity contribution is 6.39. The summed E-state index contributed by atoms with van der Waals surface area (Å²) in [5.41, 5.74) is 1.93. The molecule has 0 spiro atoms. The summed E-state index contributed by atoms with van der Waals surface area (Å²) < 4.78 is 1.43. The number of aromatic nitrogens is 1. The van der Waals surface area contributed by atoms with Gasteiger partial charge in [-0.05, 0) is 36.8 Å². The van der Waals surface area contributed by atoms with Crippen molar-refractivity contribution in [3.63, 3.8) is 0 Å². The second-order valence-corrected chi connectivity index (χ2v) is 6.73. The van der Waals surface area contributed by atoms with Gasteiger partial charge in [0.25, 0.3) is 11.8 Å². The molecule has 0 saturated carbocycles. The van der Waals surface area contributed by atoms with E-state index in [9.17, 15) is 19.2 Å². The van der Waals surface area contributed by atoms with Gasteiger partial charge >= 0.3 is 6.03 Å². The minimum atomic E-state index is -0.807. The van der Waals surface area contributed by atoms with Gasteiger partial charge in [0.1, 0.15) is 5.57 Å². The Bertz CT molecular complexity index is 1240. The first-order valence-corrected chi connectivity index (χ1v) is 8.97. The monoisotopic (exact) mass is 387 g/mol. The van der Waals surface area contributed by atoms with E-state index in [1.54, 1.807) is 49.4 Å². The van der Waals surface area contributed by atoms with Gasteiger partial charge in [0, 0.05) is 12.3 Å².